The van der Waals surface area contributed by atoms with Crippen LogP contribution in [0.15, 0.2) is 82.2 Å². The standard InChI is InChI=1S/C21H15ClN4O3S/c22-14-8-9-18(23-12-14)25-19(27)13-30-21-24-17(11-16-7-4-10-29-16)20(28)26(21)15-5-2-1-3-6-15/h1-12H,13H2,(H,23,25,27)/b17-11-. The highest BCUT2D eigenvalue weighted by Gasteiger charge is 2.32. The number of aliphatic imine (C=N–C) groups is 1. The van der Waals surface area contributed by atoms with E-state index < -0.39 is 0 Å². The van der Waals surface area contributed by atoms with Gasteiger partial charge in [0.25, 0.3) is 5.91 Å². The van der Waals surface area contributed by atoms with Crippen molar-refractivity contribution in [1.82, 2.24) is 4.98 Å². The molecular formula is C21H15ClN4O3S. The summed E-state index contributed by atoms with van der Waals surface area (Å²) in [6, 6.07) is 15.9. The maximum atomic E-state index is 13.0. The predicted octanol–water partition coefficient (Wildman–Crippen LogP) is 4.44. The van der Waals surface area contributed by atoms with Gasteiger partial charge in [0.1, 0.15) is 17.3 Å². The number of hydrogen-bond acceptors (Lipinski definition) is 6. The van der Waals surface area contributed by atoms with Gasteiger partial charge in [-0.25, -0.2) is 9.98 Å². The highest BCUT2D eigenvalue weighted by molar-refractivity contribution is 8.14. The summed E-state index contributed by atoms with van der Waals surface area (Å²) < 4.78 is 5.29. The molecule has 0 aliphatic carbocycles. The summed E-state index contributed by atoms with van der Waals surface area (Å²) in [5.74, 6) is 0.398. The number of aromatic nitrogens is 1. The lowest BCUT2D eigenvalue weighted by atomic mass is 10.2. The number of thioether (sulfide) groups is 1. The molecule has 3 heterocycles. The van der Waals surface area contributed by atoms with Crippen LogP contribution in [0.2, 0.25) is 5.02 Å². The first-order valence-corrected chi connectivity index (χ1v) is 10.2. The summed E-state index contributed by atoms with van der Waals surface area (Å²) in [4.78, 5) is 35.3. The monoisotopic (exact) mass is 438 g/mol. The zero-order chi connectivity index (χ0) is 20.9. The average molecular weight is 439 g/mol. The van der Waals surface area contributed by atoms with Gasteiger partial charge in [-0.3, -0.25) is 14.5 Å². The van der Waals surface area contributed by atoms with E-state index in [1.54, 1.807) is 30.3 Å². The average Bonchev–Trinajstić information content (AvgIpc) is 3.37. The van der Waals surface area contributed by atoms with Crippen LogP contribution in [0.25, 0.3) is 6.08 Å². The lowest BCUT2D eigenvalue weighted by Gasteiger charge is -2.17. The van der Waals surface area contributed by atoms with Crippen molar-refractivity contribution < 1.29 is 14.0 Å². The predicted molar refractivity (Wildman–Crippen MR) is 118 cm³/mol. The maximum absolute atomic E-state index is 13.0. The number of nitrogens with one attached hydrogen (secondary N) is 1. The van der Waals surface area contributed by atoms with E-state index in [4.69, 9.17) is 16.0 Å². The van der Waals surface area contributed by atoms with E-state index in [0.29, 0.717) is 27.5 Å². The molecule has 1 aliphatic rings. The van der Waals surface area contributed by atoms with Crippen molar-refractivity contribution in [2.75, 3.05) is 16.0 Å². The van der Waals surface area contributed by atoms with Gasteiger partial charge in [0.05, 0.1) is 22.7 Å². The topological polar surface area (TPSA) is 87.8 Å². The number of benzene rings is 1. The van der Waals surface area contributed by atoms with E-state index in [9.17, 15) is 9.59 Å². The third-order valence-corrected chi connectivity index (χ3v) is 5.16. The number of nitrogens with zero attached hydrogens (tertiary/aromatic N) is 3. The fraction of sp³-hybridized carbons (Fsp3) is 0.0476. The van der Waals surface area contributed by atoms with Crippen LogP contribution in [0.4, 0.5) is 11.5 Å². The molecule has 3 aromatic rings. The van der Waals surface area contributed by atoms with E-state index >= 15 is 0 Å². The van der Waals surface area contributed by atoms with Gasteiger partial charge in [-0.1, -0.05) is 41.6 Å². The van der Waals surface area contributed by atoms with E-state index in [-0.39, 0.29) is 23.3 Å². The number of hydrogen-bond donors (Lipinski definition) is 1. The number of carbonyl (C=O) groups excluding carboxylic acids is 2. The fourth-order valence-corrected chi connectivity index (χ4v) is 3.59. The van der Waals surface area contributed by atoms with Crippen molar-refractivity contribution in [1.29, 1.82) is 0 Å². The Labute approximate surface area is 181 Å². The molecule has 1 aliphatic heterocycles. The Morgan fingerprint density at radius 3 is 2.70 bits per heavy atom. The zero-order valence-electron chi connectivity index (χ0n) is 15.5. The van der Waals surface area contributed by atoms with Crippen LogP contribution in [0.1, 0.15) is 5.76 Å². The maximum Gasteiger partial charge on any atom is 0.283 e. The molecule has 1 aromatic carbocycles. The van der Waals surface area contributed by atoms with Crippen LogP contribution in [0, 0.1) is 0 Å². The number of anilines is 2. The summed E-state index contributed by atoms with van der Waals surface area (Å²) in [7, 11) is 0. The Balaban J connectivity index is 1.52. The summed E-state index contributed by atoms with van der Waals surface area (Å²) >= 11 is 6.96. The third kappa shape index (κ3) is 4.61. The second-order valence-corrected chi connectivity index (χ2v) is 7.49. The number of amides is 2. The number of pyridine rings is 1. The number of furan rings is 1. The quantitative estimate of drug-likeness (QED) is 0.595. The van der Waals surface area contributed by atoms with Crippen LogP contribution >= 0.6 is 23.4 Å². The van der Waals surface area contributed by atoms with Crippen LogP contribution in [-0.4, -0.2) is 27.7 Å². The zero-order valence-corrected chi connectivity index (χ0v) is 17.1. The SMILES string of the molecule is O=C(CSC1=N/C(=C\c2ccco2)C(=O)N1c1ccccc1)Nc1ccc(Cl)cn1. The highest BCUT2D eigenvalue weighted by atomic mass is 35.5. The van der Waals surface area contributed by atoms with Crippen molar-refractivity contribution in [3.8, 4) is 0 Å². The van der Waals surface area contributed by atoms with Crippen LogP contribution in [0.5, 0.6) is 0 Å². The number of rotatable bonds is 5. The minimum atomic E-state index is -0.292. The lowest BCUT2D eigenvalue weighted by Crippen LogP contribution is -2.31. The molecule has 4 rings (SSSR count). The first-order valence-electron chi connectivity index (χ1n) is 8.88. The molecule has 1 N–H and O–H groups in total. The Hall–Kier alpha value is -3.36. The second kappa shape index (κ2) is 8.98. The number of halogens is 1. The molecule has 0 bridgehead atoms. The van der Waals surface area contributed by atoms with Crippen LogP contribution in [0.3, 0.4) is 0 Å². The summed E-state index contributed by atoms with van der Waals surface area (Å²) in [6.07, 6.45) is 4.55. The molecule has 7 nitrogen and oxygen atoms in total. The van der Waals surface area contributed by atoms with Gasteiger partial charge < -0.3 is 9.73 Å². The van der Waals surface area contributed by atoms with Gasteiger partial charge in [0, 0.05) is 12.3 Å². The van der Waals surface area contributed by atoms with Gasteiger partial charge in [0.15, 0.2) is 5.17 Å². The van der Waals surface area contributed by atoms with Crippen molar-refractivity contribution in [2.24, 2.45) is 4.99 Å². The van der Waals surface area contributed by atoms with E-state index in [1.807, 2.05) is 30.3 Å². The van der Waals surface area contributed by atoms with Gasteiger partial charge in [-0.15, -0.1) is 0 Å². The molecule has 0 saturated carbocycles. The largest absolute Gasteiger partial charge is 0.465 e. The molecule has 0 spiro atoms. The third-order valence-electron chi connectivity index (χ3n) is 3.99. The van der Waals surface area contributed by atoms with E-state index in [2.05, 4.69) is 15.3 Å². The molecule has 150 valence electrons. The molecule has 9 heteroatoms. The number of para-hydroxylation sites is 1. The molecular weight excluding hydrogens is 424 g/mol. The Bertz CT molecular complexity index is 1110. The molecule has 2 aromatic heterocycles. The van der Waals surface area contributed by atoms with E-state index in [0.717, 1.165) is 11.8 Å². The normalized spacial score (nSPS) is 14.8. The lowest BCUT2D eigenvalue weighted by molar-refractivity contribution is -0.114. The molecule has 0 unspecified atom stereocenters. The van der Waals surface area contributed by atoms with Gasteiger partial charge >= 0.3 is 0 Å². The number of carbonyl (C=O) groups is 2. The second-order valence-electron chi connectivity index (χ2n) is 6.11. The molecule has 0 fully saturated rings. The number of amidine groups is 1. The summed E-state index contributed by atoms with van der Waals surface area (Å²) in [5.41, 5.74) is 0.896. The van der Waals surface area contributed by atoms with Crippen LogP contribution < -0.4 is 10.2 Å². The van der Waals surface area contributed by atoms with Crippen LogP contribution in [-0.2, 0) is 9.59 Å². The van der Waals surface area contributed by atoms with Gasteiger partial charge in [0.2, 0.25) is 5.91 Å². The Morgan fingerprint density at radius 1 is 1.17 bits per heavy atom. The Kier molecular flexibility index (Phi) is 5.97. The Morgan fingerprint density at radius 2 is 2.00 bits per heavy atom. The van der Waals surface area contributed by atoms with Crippen molar-refractivity contribution in [2.45, 2.75) is 0 Å². The molecule has 30 heavy (non-hydrogen) atoms. The van der Waals surface area contributed by atoms with Crippen molar-refractivity contribution in [3.05, 3.63) is 83.5 Å². The minimum Gasteiger partial charge on any atom is -0.465 e. The van der Waals surface area contributed by atoms with Gasteiger partial charge in [-0.05, 0) is 36.4 Å². The molecule has 0 saturated heterocycles. The minimum absolute atomic E-state index is 0.0494. The molecule has 0 radical (unpaired) electrons. The summed E-state index contributed by atoms with van der Waals surface area (Å²) in [5, 5.41) is 3.58. The first kappa shape index (κ1) is 19.9. The summed E-state index contributed by atoms with van der Waals surface area (Å²) in [6.45, 7) is 0. The van der Waals surface area contributed by atoms with Crippen molar-refractivity contribution in [3.63, 3.8) is 0 Å². The van der Waals surface area contributed by atoms with Crippen molar-refractivity contribution >= 4 is 57.9 Å². The molecule has 0 atom stereocenters. The fourth-order valence-electron chi connectivity index (χ4n) is 2.66. The first-order chi connectivity index (χ1) is 14.6. The van der Waals surface area contributed by atoms with Gasteiger partial charge in [-0.2, -0.15) is 0 Å². The molecule has 2 amide bonds. The van der Waals surface area contributed by atoms with E-state index in [1.165, 1.54) is 17.4 Å². The smallest absolute Gasteiger partial charge is 0.283 e. The highest BCUT2D eigenvalue weighted by Crippen LogP contribution is 2.29.